The summed E-state index contributed by atoms with van der Waals surface area (Å²) in [4.78, 5) is 38.1. The number of rotatable bonds is 11. The molecule has 2 aliphatic rings. The number of alkyl carbamates (subject to hydrolysis) is 1. The van der Waals surface area contributed by atoms with Crippen molar-refractivity contribution >= 4 is 18.0 Å². The van der Waals surface area contributed by atoms with E-state index in [9.17, 15) is 14.4 Å². The number of methoxy groups -OCH3 is 1. The third-order valence-electron chi connectivity index (χ3n) is 6.82. The molecular formula is C27H32N2O6. The minimum Gasteiger partial charge on any atom is -0.481 e. The minimum atomic E-state index is -0.802. The Balaban J connectivity index is 1.31. The monoisotopic (exact) mass is 480 g/mol. The van der Waals surface area contributed by atoms with Crippen molar-refractivity contribution in [3.8, 4) is 11.1 Å². The van der Waals surface area contributed by atoms with Crippen molar-refractivity contribution < 1.29 is 29.0 Å². The fraction of sp³-hybridized carbons (Fsp3) is 0.444. The summed E-state index contributed by atoms with van der Waals surface area (Å²) in [6.07, 6.45) is 1.25. The number of aliphatic carboxylic acids is 1. The average Bonchev–Trinajstić information content (AvgIpc) is 3.15. The van der Waals surface area contributed by atoms with Crippen LogP contribution in [0.4, 0.5) is 4.79 Å². The van der Waals surface area contributed by atoms with Gasteiger partial charge in [-0.3, -0.25) is 9.59 Å². The van der Waals surface area contributed by atoms with Gasteiger partial charge in [0.1, 0.15) is 12.6 Å². The average molecular weight is 481 g/mol. The lowest BCUT2D eigenvalue weighted by Gasteiger charge is -2.41. The Kier molecular flexibility index (Phi) is 8.02. The summed E-state index contributed by atoms with van der Waals surface area (Å²) in [7, 11) is 1.55. The molecule has 1 atom stereocenters. The molecule has 0 radical (unpaired) electrons. The predicted molar refractivity (Wildman–Crippen MR) is 130 cm³/mol. The van der Waals surface area contributed by atoms with Crippen LogP contribution in [0.25, 0.3) is 11.1 Å². The second kappa shape index (κ2) is 11.4. The smallest absolute Gasteiger partial charge is 0.407 e. The number of nitrogens with zero attached hydrogens (tertiary/aromatic N) is 1. The first-order valence-electron chi connectivity index (χ1n) is 12.1. The Hall–Kier alpha value is -3.39. The maximum atomic E-state index is 13.0. The van der Waals surface area contributed by atoms with Gasteiger partial charge in [0.2, 0.25) is 5.91 Å². The number of amides is 2. The van der Waals surface area contributed by atoms with Gasteiger partial charge in [-0.25, -0.2) is 4.79 Å². The van der Waals surface area contributed by atoms with Gasteiger partial charge >= 0.3 is 12.1 Å². The third-order valence-corrected chi connectivity index (χ3v) is 6.82. The number of fused-ring (bicyclic) bond motifs is 3. The second-order valence-corrected chi connectivity index (χ2v) is 9.20. The van der Waals surface area contributed by atoms with E-state index in [1.165, 1.54) is 0 Å². The summed E-state index contributed by atoms with van der Waals surface area (Å²) in [5, 5.41) is 11.5. The molecule has 1 saturated heterocycles. The van der Waals surface area contributed by atoms with Crippen LogP contribution >= 0.6 is 0 Å². The highest BCUT2D eigenvalue weighted by atomic mass is 16.5. The summed E-state index contributed by atoms with van der Waals surface area (Å²) >= 11 is 0. The Morgan fingerprint density at radius 1 is 1.06 bits per heavy atom. The van der Waals surface area contributed by atoms with Gasteiger partial charge < -0.3 is 24.8 Å². The van der Waals surface area contributed by atoms with Crippen LogP contribution in [0.2, 0.25) is 0 Å². The summed E-state index contributed by atoms with van der Waals surface area (Å²) < 4.78 is 10.7. The number of nitrogens with one attached hydrogen (secondary N) is 1. The van der Waals surface area contributed by atoms with Crippen molar-refractivity contribution in [1.29, 1.82) is 0 Å². The van der Waals surface area contributed by atoms with E-state index in [1.807, 2.05) is 24.3 Å². The predicted octanol–water partition coefficient (Wildman–Crippen LogP) is 3.64. The van der Waals surface area contributed by atoms with E-state index in [1.54, 1.807) is 12.0 Å². The molecule has 2 aromatic rings. The van der Waals surface area contributed by atoms with E-state index in [0.717, 1.165) is 28.7 Å². The van der Waals surface area contributed by atoms with Gasteiger partial charge in [0.05, 0.1) is 0 Å². The molecule has 8 nitrogen and oxygen atoms in total. The molecular weight excluding hydrogens is 448 g/mol. The zero-order valence-electron chi connectivity index (χ0n) is 19.9. The molecule has 0 bridgehead atoms. The van der Waals surface area contributed by atoms with Gasteiger partial charge in [-0.2, -0.15) is 0 Å². The highest BCUT2D eigenvalue weighted by Crippen LogP contribution is 2.44. The van der Waals surface area contributed by atoms with Crippen LogP contribution in [0.1, 0.15) is 42.7 Å². The van der Waals surface area contributed by atoms with Crippen molar-refractivity contribution in [2.75, 3.05) is 33.4 Å². The maximum Gasteiger partial charge on any atom is 0.407 e. The molecule has 0 spiro atoms. The van der Waals surface area contributed by atoms with Crippen molar-refractivity contribution in [3.63, 3.8) is 0 Å². The van der Waals surface area contributed by atoms with Gasteiger partial charge in [0.15, 0.2) is 0 Å². The topological polar surface area (TPSA) is 105 Å². The standard InChI is InChI=1S/C27H32N2O6/c1-34-14-13-24(26(32)29-15-18(16-29)7-6-12-25(30)31)28-27(33)35-17-23-21-10-4-2-8-19(21)20-9-3-5-11-22(20)23/h2-5,8-11,18,23-24H,6-7,12-17H2,1H3,(H,28,33)(H,30,31). The minimum absolute atomic E-state index is 0.0526. The number of carbonyl (C=O) groups excluding carboxylic acids is 2. The van der Waals surface area contributed by atoms with Crippen LogP contribution in [0.5, 0.6) is 0 Å². The second-order valence-electron chi connectivity index (χ2n) is 9.20. The molecule has 1 heterocycles. The van der Waals surface area contributed by atoms with E-state index in [4.69, 9.17) is 14.6 Å². The Bertz CT molecular complexity index is 1020. The van der Waals surface area contributed by atoms with Gasteiger partial charge in [-0.1, -0.05) is 48.5 Å². The molecule has 2 aromatic carbocycles. The zero-order valence-corrected chi connectivity index (χ0v) is 19.9. The van der Waals surface area contributed by atoms with E-state index in [-0.39, 0.29) is 24.9 Å². The molecule has 0 saturated carbocycles. The summed E-state index contributed by atoms with van der Waals surface area (Å²) in [5.41, 5.74) is 4.56. The number of carboxylic acid groups (broad SMARTS) is 1. The molecule has 2 N–H and O–H groups in total. The number of ether oxygens (including phenoxy) is 2. The lowest BCUT2D eigenvalue weighted by atomic mass is 9.93. The first-order valence-corrected chi connectivity index (χ1v) is 12.1. The van der Waals surface area contributed by atoms with Gasteiger partial charge in [-0.05, 0) is 41.0 Å². The van der Waals surface area contributed by atoms with Crippen molar-refractivity contribution in [3.05, 3.63) is 59.7 Å². The molecule has 1 aliphatic carbocycles. The van der Waals surface area contributed by atoms with Crippen LogP contribution in [0.3, 0.4) is 0 Å². The number of likely N-dealkylation sites (tertiary alicyclic amines) is 1. The number of benzene rings is 2. The summed E-state index contributed by atoms with van der Waals surface area (Å²) in [5.74, 6) is -0.715. The van der Waals surface area contributed by atoms with Crippen LogP contribution in [-0.2, 0) is 19.1 Å². The van der Waals surface area contributed by atoms with Gasteiger partial charge in [0, 0.05) is 45.6 Å². The normalized spacial score (nSPS) is 15.6. The summed E-state index contributed by atoms with van der Waals surface area (Å²) in [6, 6.07) is 15.5. The van der Waals surface area contributed by atoms with Crippen LogP contribution in [-0.4, -0.2) is 67.4 Å². The summed E-state index contributed by atoms with van der Waals surface area (Å²) in [6.45, 7) is 1.67. The number of hydrogen-bond donors (Lipinski definition) is 2. The van der Waals surface area contributed by atoms with Crippen molar-refractivity contribution in [2.45, 2.75) is 37.6 Å². The molecule has 8 heteroatoms. The van der Waals surface area contributed by atoms with E-state index >= 15 is 0 Å². The third kappa shape index (κ3) is 5.82. The van der Waals surface area contributed by atoms with Gasteiger partial charge in [-0.15, -0.1) is 0 Å². The first kappa shape index (κ1) is 24.7. The molecule has 2 amide bonds. The number of carboxylic acids is 1. The van der Waals surface area contributed by atoms with E-state index in [2.05, 4.69) is 29.6 Å². The van der Waals surface area contributed by atoms with Gasteiger partial charge in [0.25, 0.3) is 0 Å². The largest absolute Gasteiger partial charge is 0.481 e. The lowest BCUT2D eigenvalue weighted by Crippen LogP contribution is -2.57. The molecule has 4 rings (SSSR count). The molecule has 1 aliphatic heterocycles. The lowest BCUT2D eigenvalue weighted by molar-refractivity contribution is -0.141. The highest BCUT2D eigenvalue weighted by Gasteiger charge is 2.35. The number of carbonyl (C=O) groups is 3. The SMILES string of the molecule is COCCC(NC(=O)OCC1c2ccccc2-c2ccccc21)C(=O)N1CC(CCCC(=O)O)C1. The molecule has 1 unspecified atom stereocenters. The Morgan fingerprint density at radius 2 is 1.69 bits per heavy atom. The zero-order chi connectivity index (χ0) is 24.8. The fourth-order valence-corrected chi connectivity index (χ4v) is 4.97. The van der Waals surface area contributed by atoms with Crippen LogP contribution in [0, 0.1) is 5.92 Å². The van der Waals surface area contributed by atoms with Crippen molar-refractivity contribution in [1.82, 2.24) is 10.2 Å². The van der Waals surface area contributed by atoms with Crippen LogP contribution in [0.15, 0.2) is 48.5 Å². The fourth-order valence-electron chi connectivity index (χ4n) is 4.97. The molecule has 0 aromatic heterocycles. The maximum absolute atomic E-state index is 13.0. The van der Waals surface area contributed by atoms with E-state index < -0.39 is 18.1 Å². The quantitative estimate of drug-likeness (QED) is 0.509. The van der Waals surface area contributed by atoms with E-state index in [0.29, 0.717) is 38.5 Å². The molecule has 35 heavy (non-hydrogen) atoms. The Morgan fingerprint density at radius 3 is 2.29 bits per heavy atom. The number of hydrogen-bond acceptors (Lipinski definition) is 5. The van der Waals surface area contributed by atoms with Crippen LogP contribution < -0.4 is 5.32 Å². The molecule has 1 fully saturated rings. The first-order chi connectivity index (χ1) is 17.0. The van der Waals surface area contributed by atoms with Crippen molar-refractivity contribution in [2.24, 2.45) is 5.92 Å². The highest BCUT2D eigenvalue weighted by molar-refractivity contribution is 5.86. The Labute approximate surface area is 205 Å². The molecule has 186 valence electrons.